The molecular weight excluding hydrogens is 326 g/mol. The van der Waals surface area contributed by atoms with Gasteiger partial charge in [-0.25, -0.2) is 0 Å². The second-order valence-corrected chi connectivity index (χ2v) is 5.34. The number of hydrogen-bond acceptors (Lipinski definition) is 7. The fraction of sp³-hybridized carbons (Fsp3) is 0.375. The molecule has 1 amide bonds. The molecular formula is C16H19N5O4. The Labute approximate surface area is 145 Å². The molecule has 0 atom stereocenters. The molecule has 25 heavy (non-hydrogen) atoms. The summed E-state index contributed by atoms with van der Waals surface area (Å²) in [6.45, 7) is 4.53. The van der Waals surface area contributed by atoms with Gasteiger partial charge in [0.1, 0.15) is 11.6 Å². The minimum absolute atomic E-state index is 0.103. The SMILES string of the molecule is N#C/C(=C/NCCN1CCOCC1)C(=O)Nc1cccc([N+](=O)[O-])c1. The van der Waals surface area contributed by atoms with Gasteiger partial charge in [-0.05, 0) is 6.07 Å². The summed E-state index contributed by atoms with van der Waals surface area (Å²) >= 11 is 0. The van der Waals surface area contributed by atoms with Gasteiger partial charge < -0.3 is 15.4 Å². The van der Waals surface area contributed by atoms with E-state index in [9.17, 15) is 14.9 Å². The number of nitro benzene ring substituents is 1. The summed E-state index contributed by atoms with van der Waals surface area (Å²) in [5.41, 5.74) is 0.0195. The molecule has 0 unspecified atom stereocenters. The molecule has 2 rings (SSSR count). The molecule has 0 saturated carbocycles. The van der Waals surface area contributed by atoms with Crippen LogP contribution >= 0.6 is 0 Å². The van der Waals surface area contributed by atoms with Crippen molar-refractivity contribution in [3.63, 3.8) is 0 Å². The molecule has 0 aromatic heterocycles. The van der Waals surface area contributed by atoms with E-state index in [1.54, 1.807) is 0 Å². The van der Waals surface area contributed by atoms with Crippen molar-refractivity contribution in [2.45, 2.75) is 0 Å². The first-order valence-electron chi connectivity index (χ1n) is 7.79. The number of ether oxygens (including phenoxy) is 1. The average Bonchev–Trinajstić information content (AvgIpc) is 2.62. The van der Waals surface area contributed by atoms with E-state index in [0.717, 1.165) is 19.6 Å². The van der Waals surface area contributed by atoms with Crippen LogP contribution in [0.4, 0.5) is 11.4 Å². The third-order valence-corrected chi connectivity index (χ3v) is 3.60. The lowest BCUT2D eigenvalue weighted by molar-refractivity contribution is -0.384. The number of nitriles is 1. The second-order valence-electron chi connectivity index (χ2n) is 5.34. The third-order valence-electron chi connectivity index (χ3n) is 3.60. The van der Waals surface area contributed by atoms with Gasteiger partial charge in [0, 0.05) is 50.2 Å². The van der Waals surface area contributed by atoms with Crippen LogP contribution in [-0.4, -0.2) is 55.1 Å². The van der Waals surface area contributed by atoms with E-state index < -0.39 is 10.8 Å². The molecule has 0 radical (unpaired) electrons. The molecule has 1 heterocycles. The lowest BCUT2D eigenvalue weighted by Crippen LogP contribution is -2.39. The van der Waals surface area contributed by atoms with Crippen LogP contribution in [0.3, 0.4) is 0 Å². The van der Waals surface area contributed by atoms with Crippen LogP contribution in [0.2, 0.25) is 0 Å². The Morgan fingerprint density at radius 3 is 2.88 bits per heavy atom. The lowest BCUT2D eigenvalue weighted by Gasteiger charge is -2.26. The molecule has 1 aliphatic heterocycles. The van der Waals surface area contributed by atoms with Gasteiger partial charge in [0.05, 0.1) is 18.1 Å². The fourth-order valence-electron chi connectivity index (χ4n) is 2.27. The Morgan fingerprint density at radius 1 is 1.44 bits per heavy atom. The smallest absolute Gasteiger partial charge is 0.271 e. The van der Waals surface area contributed by atoms with Crippen LogP contribution in [0.5, 0.6) is 0 Å². The Bertz CT molecular complexity index is 692. The van der Waals surface area contributed by atoms with Crippen molar-refractivity contribution < 1.29 is 14.5 Å². The Kier molecular flexibility index (Phi) is 6.88. The average molecular weight is 345 g/mol. The van der Waals surface area contributed by atoms with Crippen molar-refractivity contribution in [3.8, 4) is 6.07 Å². The summed E-state index contributed by atoms with van der Waals surface area (Å²) in [7, 11) is 0. The normalized spacial score (nSPS) is 15.2. The van der Waals surface area contributed by atoms with Gasteiger partial charge in [0.15, 0.2) is 0 Å². The van der Waals surface area contributed by atoms with Gasteiger partial charge in [-0.15, -0.1) is 0 Å². The summed E-state index contributed by atoms with van der Waals surface area (Å²) in [4.78, 5) is 24.5. The molecule has 0 aliphatic carbocycles. The number of carbonyl (C=O) groups is 1. The Hall–Kier alpha value is -2.96. The van der Waals surface area contributed by atoms with E-state index >= 15 is 0 Å². The summed E-state index contributed by atoms with van der Waals surface area (Å²) in [5, 5.41) is 25.3. The van der Waals surface area contributed by atoms with E-state index in [2.05, 4.69) is 15.5 Å². The highest BCUT2D eigenvalue weighted by Gasteiger charge is 2.12. The summed E-state index contributed by atoms with van der Waals surface area (Å²) in [5.74, 6) is -0.623. The highest BCUT2D eigenvalue weighted by molar-refractivity contribution is 6.06. The van der Waals surface area contributed by atoms with Gasteiger partial charge in [0.25, 0.3) is 11.6 Å². The number of hydrogen-bond donors (Lipinski definition) is 2. The number of rotatable bonds is 7. The maximum atomic E-state index is 12.1. The number of morpholine rings is 1. The number of benzene rings is 1. The Morgan fingerprint density at radius 2 is 2.20 bits per heavy atom. The van der Waals surface area contributed by atoms with Gasteiger partial charge >= 0.3 is 0 Å². The lowest BCUT2D eigenvalue weighted by atomic mass is 10.2. The van der Waals surface area contributed by atoms with Crippen LogP contribution in [0, 0.1) is 21.4 Å². The number of nitro groups is 1. The Balaban J connectivity index is 1.86. The number of amides is 1. The number of anilines is 1. The molecule has 1 saturated heterocycles. The van der Waals surface area contributed by atoms with Gasteiger partial charge in [-0.2, -0.15) is 5.26 Å². The largest absolute Gasteiger partial charge is 0.388 e. The first-order valence-corrected chi connectivity index (χ1v) is 7.79. The number of nitrogens with zero attached hydrogens (tertiary/aromatic N) is 3. The first-order chi connectivity index (χ1) is 12.1. The van der Waals surface area contributed by atoms with E-state index in [4.69, 9.17) is 10.00 Å². The number of nitrogens with one attached hydrogen (secondary N) is 2. The summed E-state index contributed by atoms with van der Waals surface area (Å²) in [6.07, 6.45) is 1.35. The summed E-state index contributed by atoms with van der Waals surface area (Å²) in [6, 6.07) is 7.36. The molecule has 1 aliphatic rings. The predicted molar refractivity (Wildman–Crippen MR) is 90.7 cm³/mol. The zero-order chi connectivity index (χ0) is 18.1. The van der Waals surface area contributed by atoms with E-state index in [0.29, 0.717) is 19.8 Å². The van der Waals surface area contributed by atoms with Crippen molar-refractivity contribution in [2.24, 2.45) is 0 Å². The zero-order valence-corrected chi connectivity index (χ0v) is 13.6. The van der Waals surface area contributed by atoms with Crippen LogP contribution < -0.4 is 10.6 Å². The highest BCUT2D eigenvalue weighted by atomic mass is 16.6. The molecule has 1 fully saturated rings. The molecule has 9 heteroatoms. The van der Waals surface area contributed by atoms with Crippen LogP contribution in [-0.2, 0) is 9.53 Å². The van der Waals surface area contributed by atoms with Crippen molar-refractivity contribution in [2.75, 3.05) is 44.7 Å². The highest BCUT2D eigenvalue weighted by Crippen LogP contribution is 2.17. The molecule has 9 nitrogen and oxygen atoms in total. The summed E-state index contributed by atoms with van der Waals surface area (Å²) < 4.78 is 5.26. The molecule has 2 N–H and O–H groups in total. The van der Waals surface area contributed by atoms with Crippen LogP contribution in [0.15, 0.2) is 36.0 Å². The molecule has 0 bridgehead atoms. The van der Waals surface area contributed by atoms with Crippen molar-refractivity contribution >= 4 is 17.3 Å². The third kappa shape index (κ3) is 5.87. The molecule has 1 aromatic rings. The van der Waals surface area contributed by atoms with Crippen LogP contribution in [0.1, 0.15) is 0 Å². The quantitative estimate of drug-likeness (QED) is 0.247. The fourth-order valence-corrected chi connectivity index (χ4v) is 2.27. The maximum Gasteiger partial charge on any atom is 0.271 e. The van der Waals surface area contributed by atoms with Gasteiger partial charge in [-0.1, -0.05) is 6.07 Å². The molecule has 132 valence electrons. The number of non-ortho nitro benzene ring substituents is 1. The topological polar surface area (TPSA) is 121 Å². The monoisotopic (exact) mass is 345 g/mol. The van der Waals surface area contributed by atoms with E-state index in [-0.39, 0.29) is 16.9 Å². The standard InChI is InChI=1S/C16H19N5O4/c17-11-13(12-18-4-5-20-6-8-25-9-7-20)16(22)19-14-2-1-3-15(10-14)21(23)24/h1-3,10,12,18H,4-9H2,(H,19,22)/b13-12-. The van der Waals surface area contributed by atoms with Gasteiger partial charge in [0.2, 0.25) is 0 Å². The molecule has 1 aromatic carbocycles. The molecule has 0 spiro atoms. The maximum absolute atomic E-state index is 12.1. The zero-order valence-electron chi connectivity index (χ0n) is 13.6. The van der Waals surface area contributed by atoms with Crippen molar-refractivity contribution in [1.82, 2.24) is 10.2 Å². The van der Waals surface area contributed by atoms with E-state index in [1.165, 1.54) is 30.5 Å². The number of carbonyl (C=O) groups excluding carboxylic acids is 1. The van der Waals surface area contributed by atoms with Gasteiger partial charge in [-0.3, -0.25) is 19.8 Å². The minimum atomic E-state index is -0.623. The van der Waals surface area contributed by atoms with Crippen LogP contribution in [0.25, 0.3) is 0 Å². The van der Waals surface area contributed by atoms with E-state index in [1.807, 2.05) is 6.07 Å². The van der Waals surface area contributed by atoms with Crippen molar-refractivity contribution in [1.29, 1.82) is 5.26 Å². The van der Waals surface area contributed by atoms with Crippen molar-refractivity contribution in [3.05, 3.63) is 46.2 Å². The minimum Gasteiger partial charge on any atom is -0.388 e. The second kappa shape index (κ2) is 9.36. The first kappa shape index (κ1) is 18.4. The predicted octanol–water partition coefficient (Wildman–Crippen LogP) is 0.863.